The van der Waals surface area contributed by atoms with Crippen LogP contribution in [0.5, 0.6) is 0 Å². The summed E-state index contributed by atoms with van der Waals surface area (Å²) in [4.78, 5) is 16.1. The number of aldehydes is 1. The second-order valence-electron chi connectivity index (χ2n) is 6.72. The van der Waals surface area contributed by atoms with E-state index in [1.165, 1.54) is 16.8 Å². The minimum atomic E-state index is 0.452. The van der Waals surface area contributed by atoms with Gasteiger partial charge in [-0.05, 0) is 49.6 Å². The highest BCUT2D eigenvalue weighted by Gasteiger charge is 2.23. The number of piperazine rings is 1. The number of rotatable bonds is 4. The lowest BCUT2D eigenvalue weighted by Gasteiger charge is -2.40. The molecule has 0 N–H and O–H groups in total. The number of benzene rings is 2. The molecule has 0 radical (unpaired) electrons. The Kier molecular flexibility index (Phi) is 5.00. The van der Waals surface area contributed by atoms with E-state index in [-0.39, 0.29) is 0 Å². The Morgan fingerprint density at radius 3 is 2.25 bits per heavy atom. The molecule has 0 amide bonds. The molecule has 1 atom stereocenters. The van der Waals surface area contributed by atoms with Crippen molar-refractivity contribution in [1.29, 1.82) is 0 Å². The van der Waals surface area contributed by atoms with E-state index >= 15 is 0 Å². The maximum absolute atomic E-state index is 11.1. The molecule has 2 aromatic rings. The second-order valence-corrected chi connectivity index (χ2v) is 6.72. The van der Waals surface area contributed by atoms with E-state index in [0.29, 0.717) is 6.04 Å². The Morgan fingerprint density at radius 2 is 1.62 bits per heavy atom. The lowest BCUT2D eigenvalue weighted by Crippen LogP contribution is -2.47. The van der Waals surface area contributed by atoms with E-state index in [4.69, 9.17) is 0 Å². The van der Waals surface area contributed by atoms with Crippen LogP contribution in [0.25, 0.3) is 0 Å². The molecule has 0 spiro atoms. The first-order valence-corrected chi connectivity index (χ1v) is 8.70. The van der Waals surface area contributed by atoms with Gasteiger partial charge in [0.15, 0.2) is 0 Å². The van der Waals surface area contributed by atoms with Crippen LogP contribution in [-0.2, 0) is 0 Å². The van der Waals surface area contributed by atoms with Crippen LogP contribution in [-0.4, -0.2) is 37.4 Å². The van der Waals surface area contributed by atoms with Crippen LogP contribution >= 0.6 is 0 Å². The third-order valence-electron chi connectivity index (χ3n) is 5.20. The highest BCUT2D eigenvalue weighted by Crippen LogP contribution is 2.27. The summed E-state index contributed by atoms with van der Waals surface area (Å²) in [5, 5.41) is 0. The largest absolute Gasteiger partial charge is 0.369 e. The second kappa shape index (κ2) is 7.18. The fourth-order valence-electron chi connectivity index (χ4n) is 3.58. The van der Waals surface area contributed by atoms with Gasteiger partial charge in [0.05, 0.1) is 0 Å². The number of nitrogens with zero attached hydrogens (tertiary/aromatic N) is 2. The Labute approximate surface area is 144 Å². The van der Waals surface area contributed by atoms with Crippen LogP contribution in [0.2, 0.25) is 0 Å². The summed E-state index contributed by atoms with van der Waals surface area (Å²) in [5.74, 6) is 0. The van der Waals surface area contributed by atoms with Crippen molar-refractivity contribution in [1.82, 2.24) is 4.90 Å². The molecule has 1 aliphatic rings. The average Bonchev–Trinajstić information content (AvgIpc) is 2.63. The molecule has 0 bridgehead atoms. The fraction of sp³-hybridized carbons (Fsp3) is 0.381. The van der Waals surface area contributed by atoms with Crippen molar-refractivity contribution in [3.63, 3.8) is 0 Å². The highest BCUT2D eigenvalue weighted by molar-refractivity contribution is 5.79. The topological polar surface area (TPSA) is 23.6 Å². The zero-order chi connectivity index (χ0) is 17.1. The molecule has 1 fully saturated rings. The SMILES string of the molecule is Cc1cc(N2CCN([C@H](C)c3ccccc3)CC2)c(C)cc1C=O. The lowest BCUT2D eigenvalue weighted by atomic mass is 10.0. The fourth-order valence-corrected chi connectivity index (χ4v) is 3.58. The van der Waals surface area contributed by atoms with Crippen molar-refractivity contribution in [2.75, 3.05) is 31.1 Å². The van der Waals surface area contributed by atoms with E-state index in [9.17, 15) is 4.79 Å². The molecule has 3 nitrogen and oxygen atoms in total. The van der Waals surface area contributed by atoms with Gasteiger partial charge in [0, 0.05) is 43.5 Å². The summed E-state index contributed by atoms with van der Waals surface area (Å²) >= 11 is 0. The average molecular weight is 322 g/mol. The van der Waals surface area contributed by atoms with Crippen molar-refractivity contribution in [2.24, 2.45) is 0 Å². The zero-order valence-electron chi connectivity index (χ0n) is 14.8. The minimum absolute atomic E-state index is 0.452. The molecular weight excluding hydrogens is 296 g/mol. The molecule has 2 aromatic carbocycles. The summed E-state index contributed by atoms with van der Waals surface area (Å²) in [7, 11) is 0. The van der Waals surface area contributed by atoms with Gasteiger partial charge in [0.2, 0.25) is 0 Å². The third-order valence-corrected chi connectivity index (χ3v) is 5.20. The smallest absolute Gasteiger partial charge is 0.150 e. The minimum Gasteiger partial charge on any atom is -0.369 e. The first kappa shape index (κ1) is 16.7. The van der Waals surface area contributed by atoms with Crippen LogP contribution in [0.4, 0.5) is 5.69 Å². The standard InChI is InChI=1S/C21H26N2O/c1-16-14-21(17(2)13-20(16)15-24)23-11-9-22(10-12-23)18(3)19-7-5-4-6-8-19/h4-8,13-15,18H,9-12H2,1-3H3/t18-/m1/s1. The van der Waals surface area contributed by atoms with Crippen LogP contribution in [0.15, 0.2) is 42.5 Å². The third kappa shape index (κ3) is 3.36. The number of carbonyl (C=O) groups is 1. The van der Waals surface area contributed by atoms with E-state index in [2.05, 4.69) is 60.0 Å². The maximum atomic E-state index is 11.1. The Hall–Kier alpha value is -2.13. The molecule has 0 aliphatic carbocycles. The summed E-state index contributed by atoms with van der Waals surface area (Å²) in [6.45, 7) is 10.6. The monoisotopic (exact) mass is 322 g/mol. The van der Waals surface area contributed by atoms with Crippen molar-refractivity contribution < 1.29 is 4.79 Å². The number of carbonyl (C=O) groups excluding carboxylic acids is 1. The van der Waals surface area contributed by atoms with Crippen molar-refractivity contribution in [3.8, 4) is 0 Å². The van der Waals surface area contributed by atoms with Gasteiger partial charge < -0.3 is 4.90 Å². The summed E-state index contributed by atoms with van der Waals surface area (Å²) in [6, 6.07) is 15.3. The number of anilines is 1. The number of hydrogen-bond acceptors (Lipinski definition) is 3. The number of hydrogen-bond donors (Lipinski definition) is 0. The molecule has 3 rings (SSSR count). The Morgan fingerprint density at radius 1 is 0.958 bits per heavy atom. The Bertz CT molecular complexity index is 703. The molecule has 1 aliphatic heterocycles. The maximum Gasteiger partial charge on any atom is 0.150 e. The summed E-state index contributed by atoms with van der Waals surface area (Å²) in [6.07, 6.45) is 0.950. The molecule has 0 saturated carbocycles. The van der Waals surface area contributed by atoms with Gasteiger partial charge in [0.1, 0.15) is 6.29 Å². The molecule has 1 heterocycles. The van der Waals surface area contributed by atoms with Crippen molar-refractivity contribution in [2.45, 2.75) is 26.8 Å². The van der Waals surface area contributed by atoms with Gasteiger partial charge >= 0.3 is 0 Å². The van der Waals surface area contributed by atoms with E-state index in [1.807, 2.05) is 13.0 Å². The lowest BCUT2D eigenvalue weighted by molar-refractivity contribution is 0.112. The first-order chi connectivity index (χ1) is 11.6. The first-order valence-electron chi connectivity index (χ1n) is 8.70. The van der Waals surface area contributed by atoms with Gasteiger partial charge in [-0.1, -0.05) is 30.3 Å². The Balaban J connectivity index is 1.69. The van der Waals surface area contributed by atoms with Gasteiger partial charge in [-0.2, -0.15) is 0 Å². The molecule has 1 saturated heterocycles. The quantitative estimate of drug-likeness (QED) is 0.795. The highest BCUT2D eigenvalue weighted by atomic mass is 16.1. The van der Waals surface area contributed by atoms with Gasteiger partial charge in [-0.15, -0.1) is 0 Å². The molecule has 126 valence electrons. The molecular formula is C21H26N2O. The summed E-state index contributed by atoms with van der Waals surface area (Å²) in [5.41, 5.74) is 5.70. The number of aryl methyl sites for hydroxylation is 2. The van der Waals surface area contributed by atoms with Crippen LogP contribution < -0.4 is 4.90 Å². The van der Waals surface area contributed by atoms with Gasteiger partial charge in [-0.25, -0.2) is 0 Å². The van der Waals surface area contributed by atoms with Crippen LogP contribution in [0.1, 0.15) is 40.0 Å². The van der Waals surface area contributed by atoms with Crippen LogP contribution in [0.3, 0.4) is 0 Å². The zero-order valence-corrected chi connectivity index (χ0v) is 14.8. The summed E-state index contributed by atoms with van der Waals surface area (Å²) < 4.78 is 0. The van der Waals surface area contributed by atoms with E-state index in [1.54, 1.807) is 0 Å². The van der Waals surface area contributed by atoms with E-state index < -0.39 is 0 Å². The predicted molar refractivity (Wildman–Crippen MR) is 99.9 cm³/mol. The van der Waals surface area contributed by atoms with Crippen molar-refractivity contribution in [3.05, 3.63) is 64.7 Å². The van der Waals surface area contributed by atoms with Crippen molar-refractivity contribution >= 4 is 12.0 Å². The predicted octanol–water partition coefficient (Wildman–Crippen LogP) is 4.00. The molecule has 24 heavy (non-hydrogen) atoms. The molecule has 3 heteroatoms. The molecule has 0 unspecified atom stereocenters. The van der Waals surface area contributed by atoms with E-state index in [0.717, 1.165) is 43.6 Å². The molecule has 0 aromatic heterocycles. The van der Waals surface area contributed by atoms with Gasteiger partial charge in [-0.3, -0.25) is 9.69 Å². The van der Waals surface area contributed by atoms with Gasteiger partial charge in [0.25, 0.3) is 0 Å². The normalized spacial score (nSPS) is 16.9. The van der Waals surface area contributed by atoms with Crippen LogP contribution in [0, 0.1) is 13.8 Å².